The van der Waals surface area contributed by atoms with Crippen molar-refractivity contribution in [1.82, 2.24) is 0 Å². The Balaban J connectivity index is 1.28. The summed E-state index contributed by atoms with van der Waals surface area (Å²) in [5, 5.41) is 16.0. The Hall–Kier alpha value is -4.50. The van der Waals surface area contributed by atoms with Crippen molar-refractivity contribution in [3.05, 3.63) is 90.0 Å². The van der Waals surface area contributed by atoms with E-state index < -0.39 is 17.1 Å². The van der Waals surface area contributed by atoms with Crippen LogP contribution in [0.5, 0.6) is 11.5 Å². The number of fused-ring (bicyclic) bond motifs is 2. The third kappa shape index (κ3) is 5.42. The van der Waals surface area contributed by atoms with Gasteiger partial charge in [-0.25, -0.2) is 4.79 Å². The van der Waals surface area contributed by atoms with Crippen LogP contribution in [0.25, 0.3) is 10.8 Å². The van der Waals surface area contributed by atoms with Gasteiger partial charge < -0.3 is 25.2 Å². The van der Waals surface area contributed by atoms with Crippen molar-refractivity contribution >= 4 is 51.7 Å². The molecular formula is C29H24N2O6S. The zero-order chi connectivity index (χ0) is 26.6. The molecule has 4 aromatic rings. The van der Waals surface area contributed by atoms with Crippen LogP contribution in [0.15, 0.2) is 83.8 Å². The van der Waals surface area contributed by atoms with E-state index in [2.05, 4.69) is 10.6 Å². The highest BCUT2D eigenvalue weighted by atomic mass is 32.2. The molecule has 0 saturated carbocycles. The third-order valence-electron chi connectivity index (χ3n) is 5.96. The lowest BCUT2D eigenvalue weighted by atomic mass is 9.98. The van der Waals surface area contributed by atoms with Gasteiger partial charge >= 0.3 is 5.97 Å². The van der Waals surface area contributed by atoms with E-state index in [1.165, 1.54) is 17.8 Å². The van der Waals surface area contributed by atoms with Gasteiger partial charge in [-0.2, -0.15) is 0 Å². The van der Waals surface area contributed by atoms with Gasteiger partial charge in [-0.1, -0.05) is 30.3 Å². The Labute approximate surface area is 223 Å². The van der Waals surface area contributed by atoms with Crippen LogP contribution in [0.4, 0.5) is 11.4 Å². The lowest BCUT2D eigenvalue weighted by molar-refractivity contribution is -0.115. The summed E-state index contributed by atoms with van der Waals surface area (Å²) in [7, 11) is 0. The second kappa shape index (κ2) is 10.9. The van der Waals surface area contributed by atoms with Crippen LogP contribution in [-0.4, -0.2) is 41.4 Å². The average molecular weight is 529 g/mol. The largest absolute Gasteiger partial charge is 0.486 e. The molecule has 1 atom stereocenters. The topological polar surface area (TPSA) is 114 Å². The molecule has 2 amide bonds. The zero-order valence-corrected chi connectivity index (χ0v) is 21.2. The smallest absolute Gasteiger partial charge is 0.336 e. The van der Waals surface area contributed by atoms with Gasteiger partial charge in [0.05, 0.1) is 10.8 Å². The summed E-state index contributed by atoms with van der Waals surface area (Å²) in [6.45, 7) is 2.76. The van der Waals surface area contributed by atoms with Gasteiger partial charge in [0.2, 0.25) is 5.91 Å². The van der Waals surface area contributed by atoms with Gasteiger partial charge in [0, 0.05) is 33.3 Å². The molecule has 38 heavy (non-hydrogen) atoms. The average Bonchev–Trinajstić information content (AvgIpc) is 2.92. The number of aromatic carboxylic acids is 1. The molecule has 9 heteroatoms. The zero-order valence-electron chi connectivity index (χ0n) is 20.4. The molecule has 192 valence electrons. The monoisotopic (exact) mass is 528 g/mol. The maximum absolute atomic E-state index is 13.2. The van der Waals surface area contributed by atoms with Crippen LogP contribution in [0, 0.1) is 0 Å². The van der Waals surface area contributed by atoms with Crippen molar-refractivity contribution < 1.29 is 29.0 Å². The maximum atomic E-state index is 13.2. The summed E-state index contributed by atoms with van der Waals surface area (Å²) in [5.74, 6) is -0.454. The van der Waals surface area contributed by atoms with Crippen molar-refractivity contribution in [1.29, 1.82) is 0 Å². The molecule has 1 heterocycles. The number of hydrogen-bond donors (Lipinski definition) is 3. The maximum Gasteiger partial charge on any atom is 0.336 e. The Morgan fingerprint density at radius 2 is 1.50 bits per heavy atom. The number of carbonyl (C=O) groups excluding carboxylic acids is 2. The summed E-state index contributed by atoms with van der Waals surface area (Å²) in [5.41, 5.74) is 1.48. The molecule has 0 spiro atoms. The molecule has 0 aromatic heterocycles. The van der Waals surface area contributed by atoms with E-state index in [4.69, 9.17) is 9.47 Å². The van der Waals surface area contributed by atoms with Crippen LogP contribution in [-0.2, 0) is 4.79 Å². The number of nitrogens with one attached hydrogen (secondary N) is 2. The van der Waals surface area contributed by atoms with E-state index in [9.17, 15) is 19.5 Å². The molecule has 0 aliphatic carbocycles. The van der Waals surface area contributed by atoms with Crippen molar-refractivity contribution in [2.45, 2.75) is 17.1 Å². The molecule has 0 saturated heterocycles. The van der Waals surface area contributed by atoms with Gasteiger partial charge in [0.15, 0.2) is 11.5 Å². The normalized spacial score (nSPS) is 13.0. The van der Waals surface area contributed by atoms with E-state index >= 15 is 0 Å². The number of hydrogen-bond acceptors (Lipinski definition) is 6. The van der Waals surface area contributed by atoms with E-state index in [1.807, 2.05) is 6.07 Å². The molecule has 3 N–H and O–H groups in total. The fourth-order valence-corrected chi connectivity index (χ4v) is 5.10. The van der Waals surface area contributed by atoms with E-state index in [0.29, 0.717) is 46.9 Å². The quantitative estimate of drug-likeness (QED) is 0.264. The molecule has 0 bridgehead atoms. The van der Waals surface area contributed by atoms with Gasteiger partial charge in [-0.05, 0) is 54.8 Å². The Kier molecular flexibility index (Phi) is 7.19. The summed E-state index contributed by atoms with van der Waals surface area (Å²) >= 11 is 1.35. The number of carboxylic acids is 1. The number of amides is 2. The predicted octanol–water partition coefficient (Wildman–Crippen LogP) is 5.68. The molecule has 1 aliphatic heterocycles. The van der Waals surface area contributed by atoms with Crippen molar-refractivity contribution in [2.24, 2.45) is 0 Å². The lowest BCUT2D eigenvalue weighted by Gasteiger charge is -2.19. The first-order chi connectivity index (χ1) is 18.4. The van der Waals surface area contributed by atoms with E-state index in [-0.39, 0.29) is 17.0 Å². The summed E-state index contributed by atoms with van der Waals surface area (Å²) < 4.78 is 11.1. The molecule has 4 aromatic carbocycles. The number of carboxylic acid groups (broad SMARTS) is 1. The van der Waals surface area contributed by atoms with Crippen molar-refractivity contribution in [3.63, 3.8) is 0 Å². The molecular weight excluding hydrogens is 504 g/mol. The van der Waals surface area contributed by atoms with Crippen molar-refractivity contribution in [2.75, 3.05) is 23.8 Å². The Bertz CT molecular complexity index is 1550. The highest BCUT2D eigenvalue weighted by Gasteiger charge is 2.19. The molecule has 0 radical (unpaired) electrons. The van der Waals surface area contributed by atoms with Gasteiger partial charge in [0.25, 0.3) is 5.91 Å². The van der Waals surface area contributed by atoms with Crippen LogP contribution in [0.3, 0.4) is 0 Å². The first kappa shape index (κ1) is 25.2. The third-order valence-corrected chi connectivity index (χ3v) is 7.06. The number of benzene rings is 4. The predicted molar refractivity (Wildman–Crippen MR) is 147 cm³/mol. The van der Waals surface area contributed by atoms with E-state index in [0.717, 1.165) is 4.90 Å². The Morgan fingerprint density at radius 3 is 2.26 bits per heavy atom. The van der Waals surface area contributed by atoms with Crippen molar-refractivity contribution in [3.8, 4) is 11.5 Å². The second-order valence-electron chi connectivity index (χ2n) is 8.60. The van der Waals surface area contributed by atoms with Crippen LogP contribution < -0.4 is 20.1 Å². The molecule has 1 aliphatic rings. The lowest BCUT2D eigenvalue weighted by Crippen LogP contribution is -2.22. The molecule has 8 nitrogen and oxygen atoms in total. The first-order valence-electron chi connectivity index (χ1n) is 11.9. The summed E-state index contributed by atoms with van der Waals surface area (Å²) in [4.78, 5) is 38.5. The van der Waals surface area contributed by atoms with Crippen LogP contribution in [0.1, 0.15) is 27.6 Å². The Morgan fingerprint density at radius 1 is 0.816 bits per heavy atom. The number of ether oxygens (including phenoxy) is 2. The number of thioether (sulfide) groups is 1. The number of carbonyl (C=O) groups is 3. The molecule has 0 fully saturated rings. The SMILES string of the molecule is CC(Sc1cccc(NC(=O)c2cccc3cccc(C(=O)O)c23)c1)C(=O)Nc1ccc2c(c1)OCCO2. The summed E-state index contributed by atoms with van der Waals surface area (Å²) in [6.07, 6.45) is 0. The van der Waals surface area contributed by atoms with E-state index in [1.54, 1.807) is 73.7 Å². The minimum absolute atomic E-state index is 0.0652. The minimum atomic E-state index is -1.10. The number of rotatable bonds is 7. The summed E-state index contributed by atoms with van der Waals surface area (Å²) in [6, 6.07) is 22.4. The van der Waals surface area contributed by atoms with Crippen LogP contribution >= 0.6 is 11.8 Å². The fourth-order valence-electron chi connectivity index (χ4n) is 4.18. The van der Waals surface area contributed by atoms with Gasteiger partial charge in [-0.15, -0.1) is 11.8 Å². The highest BCUT2D eigenvalue weighted by molar-refractivity contribution is 8.00. The van der Waals surface area contributed by atoms with Gasteiger partial charge in [0.1, 0.15) is 13.2 Å². The van der Waals surface area contributed by atoms with Gasteiger partial charge in [-0.3, -0.25) is 9.59 Å². The van der Waals surface area contributed by atoms with Crippen LogP contribution in [0.2, 0.25) is 0 Å². The first-order valence-corrected chi connectivity index (χ1v) is 12.8. The molecule has 1 unspecified atom stereocenters. The fraction of sp³-hybridized carbons (Fsp3) is 0.138. The standard InChI is InChI=1S/C29H24N2O6S/c1-17(27(32)30-20-11-12-24-25(16-20)37-14-13-36-24)38-21-8-4-7-19(15-21)31-28(33)22-9-2-5-18-6-3-10-23(26(18)22)29(34)35/h2-12,15-17H,13-14H2,1H3,(H,30,32)(H,31,33)(H,34,35). The minimum Gasteiger partial charge on any atom is -0.486 e. The molecule has 5 rings (SSSR count). The highest BCUT2D eigenvalue weighted by Crippen LogP contribution is 2.33. The number of anilines is 2. The second-order valence-corrected chi connectivity index (χ2v) is 10.0.